The summed E-state index contributed by atoms with van der Waals surface area (Å²) >= 11 is 0. The predicted molar refractivity (Wildman–Crippen MR) is 88.4 cm³/mol. The van der Waals surface area contributed by atoms with Crippen LogP contribution in [0.2, 0.25) is 0 Å². The van der Waals surface area contributed by atoms with Crippen molar-refractivity contribution in [1.29, 1.82) is 0 Å². The van der Waals surface area contributed by atoms with Crippen LogP contribution in [0, 0.1) is 11.6 Å². The van der Waals surface area contributed by atoms with E-state index < -0.39 is 17.2 Å². The second kappa shape index (κ2) is 7.04. The largest absolute Gasteiger partial charge is 0.365 e. The van der Waals surface area contributed by atoms with Crippen LogP contribution in [0.4, 0.5) is 14.6 Å². The normalized spacial score (nSPS) is 10.6. The molecule has 6 heteroatoms. The first-order valence-electron chi connectivity index (χ1n) is 7.46. The number of hydrogen-bond acceptors (Lipinski definition) is 3. The van der Waals surface area contributed by atoms with E-state index in [2.05, 4.69) is 10.3 Å². The molecule has 0 spiro atoms. The Morgan fingerprint density at radius 3 is 2.58 bits per heavy atom. The van der Waals surface area contributed by atoms with Gasteiger partial charge in [0.1, 0.15) is 0 Å². The van der Waals surface area contributed by atoms with Gasteiger partial charge < -0.3 is 5.32 Å². The third kappa shape index (κ3) is 3.48. The zero-order valence-corrected chi connectivity index (χ0v) is 12.7. The summed E-state index contributed by atoms with van der Waals surface area (Å²) in [7, 11) is 0. The molecule has 24 heavy (non-hydrogen) atoms. The van der Waals surface area contributed by atoms with Crippen LogP contribution in [0.15, 0.2) is 65.7 Å². The summed E-state index contributed by atoms with van der Waals surface area (Å²) in [6, 6.07) is 13.1. The van der Waals surface area contributed by atoms with Gasteiger partial charge in [-0.15, -0.1) is 0 Å². The highest BCUT2D eigenvalue weighted by Gasteiger charge is 2.09. The Labute approximate surface area is 137 Å². The van der Waals surface area contributed by atoms with Crippen molar-refractivity contribution in [1.82, 2.24) is 9.55 Å². The molecule has 1 N–H and O–H groups in total. The number of benzene rings is 2. The molecule has 0 atom stereocenters. The van der Waals surface area contributed by atoms with Crippen LogP contribution in [0.5, 0.6) is 0 Å². The molecule has 122 valence electrons. The number of nitrogens with one attached hydrogen (secondary N) is 1. The topological polar surface area (TPSA) is 46.9 Å². The van der Waals surface area contributed by atoms with E-state index in [4.69, 9.17) is 0 Å². The van der Waals surface area contributed by atoms with Crippen LogP contribution < -0.4 is 10.9 Å². The van der Waals surface area contributed by atoms with E-state index >= 15 is 0 Å². The van der Waals surface area contributed by atoms with Gasteiger partial charge in [-0.2, -0.15) is 0 Å². The van der Waals surface area contributed by atoms with Crippen molar-refractivity contribution in [2.24, 2.45) is 0 Å². The van der Waals surface area contributed by atoms with Gasteiger partial charge in [-0.05, 0) is 24.1 Å². The highest BCUT2D eigenvalue weighted by atomic mass is 19.2. The fraction of sp³-hybridized carbons (Fsp3) is 0.111. The molecule has 1 aromatic heterocycles. The number of anilines is 1. The molecule has 1 heterocycles. The molecule has 3 rings (SSSR count). The monoisotopic (exact) mass is 327 g/mol. The van der Waals surface area contributed by atoms with Gasteiger partial charge in [0.25, 0.3) is 5.56 Å². The van der Waals surface area contributed by atoms with Crippen LogP contribution in [0.25, 0.3) is 5.69 Å². The SMILES string of the molecule is O=c1c(NCCc2ccccc2)nccn1-c1ccc(F)c(F)c1. The lowest BCUT2D eigenvalue weighted by Gasteiger charge is -2.09. The van der Waals surface area contributed by atoms with Crippen LogP contribution in [-0.4, -0.2) is 16.1 Å². The number of aromatic nitrogens is 2. The standard InChI is InChI=1S/C18H15F2N3O/c19-15-7-6-14(12-16(15)20)23-11-10-22-17(18(23)24)21-9-8-13-4-2-1-3-5-13/h1-7,10-12H,8-9H2,(H,21,22). The lowest BCUT2D eigenvalue weighted by molar-refractivity contribution is 0.508. The molecule has 0 radical (unpaired) electrons. The van der Waals surface area contributed by atoms with Crippen molar-refractivity contribution >= 4 is 5.82 Å². The lowest BCUT2D eigenvalue weighted by atomic mass is 10.1. The Hall–Kier alpha value is -3.02. The van der Waals surface area contributed by atoms with Gasteiger partial charge >= 0.3 is 0 Å². The first-order chi connectivity index (χ1) is 11.6. The molecule has 0 aliphatic carbocycles. The van der Waals surface area contributed by atoms with Gasteiger partial charge in [0.05, 0.1) is 5.69 Å². The van der Waals surface area contributed by atoms with Crippen molar-refractivity contribution < 1.29 is 8.78 Å². The smallest absolute Gasteiger partial charge is 0.297 e. The van der Waals surface area contributed by atoms with Gasteiger partial charge in [0, 0.05) is 25.0 Å². The van der Waals surface area contributed by atoms with Gasteiger partial charge in [0.2, 0.25) is 0 Å². The Bertz CT molecular complexity index is 894. The van der Waals surface area contributed by atoms with Crippen molar-refractivity contribution in [2.75, 3.05) is 11.9 Å². The molecule has 3 aromatic rings. The Morgan fingerprint density at radius 1 is 1.04 bits per heavy atom. The average molecular weight is 327 g/mol. The first-order valence-corrected chi connectivity index (χ1v) is 7.46. The summed E-state index contributed by atoms with van der Waals surface area (Å²) in [6.07, 6.45) is 3.59. The maximum atomic E-state index is 13.4. The lowest BCUT2D eigenvalue weighted by Crippen LogP contribution is -2.24. The van der Waals surface area contributed by atoms with E-state index in [0.29, 0.717) is 6.54 Å². The van der Waals surface area contributed by atoms with Crippen LogP contribution in [0.3, 0.4) is 0 Å². The summed E-state index contributed by atoms with van der Waals surface area (Å²) in [5.41, 5.74) is 0.964. The molecule has 0 aliphatic heterocycles. The summed E-state index contributed by atoms with van der Waals surface area (Å²) in [5, 5.41) is 2.99. The zero-order chi connectivity index (χ0) is 16.9. The van der Waals surface area contributed by atoms with E-state index in [9.17, 15) is 13.6 Å². The first kappa shape index (κ1) is 15.9. The third-order valence-electron chi connectivity index (χ3n) is 3.57. The van der Waals surface area contributed by atoms with Crippen molar-refractivity contribution in [3.63, 3.8) is 0 Å². The van der Waals surface area contributed by atoms with E-state index in [1.165, 1.54) is 23.0 Å². The molecule has 0 saturated carbocycles. The molecular formula is C18H15F2N3O. The van der Waals surface area contributed by atoms with E-state index in [1.807, 2.05) is 30.3 Å². The molecule has 0 fully saturated rings. The second-order valence-corrected chi connectivity index (χ2v) is 5.21. The summed E-state index contributed by atoms with van der Waals surface area (Å²) in [5.74, 6) is -1.80. The molecule has 0 bridgehead atoms. The van der Waals surface area contributed by atoms with Gasteiger partial charge in [-0.1, -0.05) is 30.3 Å². The Morgan fingerprint density at radius 2 is 1.83 bits per heavy atom. The molecule has 2 aromatic carbocycles. The van der Waals surface area contributed by atoms with Crippen LogP contribution in [-0.2, 0) is 6.42 Å². The van der Waals surface area contributed by atoms with E-state index in [0.717, 1.165) is 24.1 Å². The number of nitrogens with zero attached hydrogens (tertiary/aromatic N) is 2. The molecule has 0 aliphatic rings. The third-order valence-corrected chi connectivity index (χ3v) is 3.57. The van der Waals surface area contributed by atoms with Crippen molar-refractivity contribution in [3.05, 3.63) is 88.5 Å². The minimum atomic E-state index is -1.00. The quantitative estimate of drug-likeness (QED) is 0.783. The maximum absolute atomic E-state index is 13.4. The van der Waals surface area contributed by atoms with Gasteiger partial charge in [-0.3, -0.25) is 9.36 Å². The highest BCUT2D eigenvalue weighted by Crippen LogP contribution is 2.12. The summed E-state index contributed by atoms with van der Waals surface area (Å²) in [4.78, 5) is 16.5. The van der Waals surface area contributed by atoms with Crippen molar-refractivity contribution in [3.8, 4) is 5.69 Å². The van der Waals surface area contributed by atoms with Crippen LogP contribution >= 0.6 is 0 Å². The summed E-state index contributed by atoms with van der Waals surface area (Å²) < 4.78 is 27.6. The molecular weight excluding hydrogens is 312 g/mol. The molecule has 0 amide bonds. The number of halogens is 2. The fourth-order valence-corrected chi connectivity index (χ4v) is 2.34. The highest BCUT2D eigenvalue weighted by molar-refractivity contribution is 5.38. The Kier molecular flexibility index (Phi) is 4.65. The van der Waals surface area contributed by atoms with Gasteiger partial charge in [0.15, 0.2) is 17.5 Å². The minimum absolute atomic E-state index is 0.165. The predicted octanol–water partition coefficient (Wildman–Crippen LogP) is 3.17. The maximum Gasteiger partial charge on any atom is 0.297 e. The van der Waals surface area contributed by atoms with Gasteiger partial charge in [-0.25, -0.2) is 13.8 Å². The number of hydrogen-bond donors (Lipinski definition) is 1. The zero-order valence-electron chi connectivity index (χ0n) is 12.7. The molecule has 4 nitrogen and oxygen atoms in total. The molecule has 0 unspecified atom stereocenters. The Balaban J connectivity index is 1.78. The summed E-state index contributed by atoms with van der Waals surface area (Å²) in [6.45, 7) is 0.536. The fourth-order valence-electron chi connectivity index (χ4n) is 2.34. The minimum Gasteiger partial charge on any atom is -0.365 e. The van der Waals surface area contributed by atoms with Crippen LogP contribution in [0.1, 0.15) is 5.56 Å². The van der Waals surface area contributed by atoms with E-state index in [1.54, 1.807) is 0 Å². The van der Waals surface area contributed by atoms with E-state index in [-0.39, 0.29) is 11.5 Å². The van der Waals surface area contributed by atoms with Crippen molar-refractivity contribution in [2.45, 2.75) is 6.42 Å². The second-order valence-electron chi connectivity index (χ2n) is 5.21. The number of rotatable bonds is 5. The average Bonchev–Trinajstić information content (AvgIpc) is 2.60. The molecule has 0 saturated heterocycles.